The van der Waals surface area contributed by atoms with Crippen LogP contribution in [0.25, 0.3) is 0 Å². The average molecular weight is 411 g/mol. The number of Topliss-reactive ketones (excluding diaryl/α,β-unsaturated/α-hetero) is 1. The number of ketones is 1. The van der Waals surface area contributed by atoms with Crippen molar-refractivity contribution in [1.29, 1.82) is 0 Å². The first-order valence-electron chi connectivity index (χ1n) is 8.52. The van der Waals surface area contributed by atoms with Gasteiger partial charge >= 0.3 is 12.1 Å². The van der Waals surface area contributed by atoms with Crippen LogP contribution in [0.4, 0.5) is 23.2 Å². The maximum atomic E-state index is 12.8. The molecule has 154 valence electrons. The standard InChI is InChI=1S/C20H17F4NO4/c1-12(19(28)25-16-4-2-3-14(11-16)20(22,23)24)29-18(27)10-9-17(26)13-5-7-15(21)8-6-13/h2-8,11-12H,9-10H2,1H3,(H,25,28). The predicted octanol–water partition coefficient (Wildman–Crippen LogP) is 4.38. The molecule has 0 bridgehead atoms. The monoisotopic (exact) mass is 411 g/mol. The summed E-state index contributed by atoms with van der Waals surface area (Å²) in [6, 6.07) is 8.82. The Hall–Kier alpha value is -3.23. The Morgan fingerprint density at radius 3 is 2.31 bits per heavy atom. The molecule has 0 aliphatic rings. The summed E-state index contributed by atoms with van der Waals surface area (Å²) >= 11 is 0. The van der Waals surface area contributed by atoms with Crippen LogP contribution in [-0.2, 0) is 20.5 Å². The van der Waals surface area contributed by atoms with Crippen molar-refractivity contribution in [3.63, 3.8) is 0 Å². The summed E-state index contributed by atoms with van der Waals surface area (Å²) < 4.78 is 55.8. The Bertz CT molecular complexity index is 894. The normalized spacial score (nSPS) is 12.2. The smallest absolute Gasteiger partial charge is 0.416 e. The highest BCUT2D eigenvalue weighted by Gasteiger charge is 2.30. The van der Waals surface area contributed by atoms with Crippen molar-refractivity contribution in [3.05, 3.63) is 65.5 Å². The van der Waals surface area contributed by atoms with E-state index < -0.39 is 41.3 Å². The summed E-state index contributed by atoms with van der Waals surface area (Å²) in [4.78, 5) is 35.8. The van der Waals surface area contributed by atoms with E-state index in [1.54, 1.807) is 0 Å². The molecule has 0 radical (unpaired) electrons. The molecule has 0 heterocycles. The SMILES string of the molecule is CC(OC(=O)CCC(=O)c1ccc(F)cc1)C(=O)Nc1cccc(C(F)(F)F)c1. The van der Waals surface area contributed by atoms with Crippen molar-refractivity contribution in [2.45, 2.75) is 32.0 Å². The lowest BCUT2D eigenvalue weighted by Crippen LogP contribution is -2.30. The fourth-order valence-electron chi connectivity index (χ4n) is 2.32. The van der Waals surface area contributed by atoms with E-state index in [1.807, 2.05) is 0 Å². The van der Waals surface area contributed by atoms with E-state index in [2.05, 4.69) is 5.32 Å². The minimum atomic E-state index is -4.56. The van der Waals surface area contributed by atoms with Crippen molar-refractivity contribution < 1.29 is 36.7 Å². The van der Waals surface area contributed by atoms with Crippen molar-refractivity contribution >= 4 is 23.3 Å². The zero-order valence-electron chi connectivity index (χ0n) is 15.3. The lowest BCUT2D eigenvalue weighted by Gasteiger charge is -2.14. The van der Waals surface area contributed by atoms with E-state index in [0.717, 1.165) is 30.3 Å². The minimum Gasteiger partial charge on any atom is -0.453 e. The molecule has 2 rings (SSSR count). The third-order valence-corrected chi connectivity index (χ3v) is 3.86. The fourth-order valence-corrected chi connectivity index (χ4v) is 2.32. The van der Waals surface area contributed by atoms with E-state index in [4.69, 9.17) is 4.74 Å². The second-order valence-electron chi connectivity index (χ2n) is 6.13. The van der Waals surface area contributed by atoms with Gasteiger partial charge in [-0.1, -0.05) is 6.07 Å². The summed E-state index contributed by atoms with van der Waals surface area (Å²) in [7, 11) is 0. The molecule has 1 N–H and O–H groups in total. The molecule has 0 aliphatic heterocycles. The predicted molar refractivity (Wildman–Crippen MR) is 95.6 cm³/mol. The van der Waals surface area contributed by atoms with Crippen LogP contribution in [0.3, 0.4) is 0 Å². The summed E-state index contributed by atoms with van der Waals surface area (Å²) in [5, 5.41) is 2.24. The van der Waals surface area contributed by atoms with E-state index in [1.165, 1.54) is 25.1 Å². The molecule has 2 aromatic carbocycles. The van der Waals surface area contributed by atoms with Gasteiger partial charge in [0.15, 0.2) is 11.9 Å². The zero-order valence-corrected chi connectivity index (χ0v) is 15.3. The molecule has 0 aromatic heterocycles. The number of hydrogen-bond donors (Lipinski definition) is 1. The Morgan fingerprint density at radius 1 is 1.03 bits per heavy atom. The van der Waals surface area contributed by atoms with E-state index >= 15 is 0 Å². The molecule has 1 atom stereocenters. The number of amides is 1. The molecule has 9 heteroatoms. The molecule has 1 unspecified atom stereocenters. The molecule has 0 spiro atoms. The summed E-state index contributed by atoms with van der Waals surface area (Å²) in [6.07, 6.45) is -6.35. The number of alkyl halides is 3. The van der Waals surface area contributed by atoms with Crippen LogP contribution in [0, 0.1) is 5.82 Å². The Kier molecular flexibility index (Phi) is 7.08. The highest BCUT2D eigenvalue weighted by molar-refractivity contribution is 5.98. The summed E-state index contributed by atoms with van der Waals surface area (Å²) in [5.41, 5.74) is -0.798. The Balaban J connectivity index is 1.85. The number of benzene rings is 2. The van der Waals surface area contributed by atoms with Crippen molar-refractivity contribution in [2.24, 2.45) is 0 Å². The number of ether oxygens (including phenoxy) is 1. The largest absolute Gasteiger partial charge is 0.453 e. The third-order valence-electron chi connectivity index (χ3n) is 3.86. The molecule has 0 saturated heterocycles. The first-order valence-corrected chi connectivity index (χ1v) is 8.52. The first-order chi connectivity index (χ1) is 13.6. The van der Waals surface area contributed by atoms with Gasteiger partial charge < -0.3 is 10.1 Å². The second kappa shape index (κ2) is 9.31. The minimum absolute atomic E-state index is 0.0980. The Morgan fingerprint density at radius 2 is 1.69 bits per heavy atom. The maximum Gasteiger partial charge on any atom is 0.416 e. The average Bonchev–Trinajstić information content (AvgIpc) is 2.66. The Labute approximate surface area is 163 Å². The van der Waals surface area contributed by atoms with Crippen LogP contribution in [0.2, 0.25) is 0 Å². The topological polar surface area (TPSA) is 72.5 Å². The fraction of sp³-hybridized carbons (Fsp3) is 0.250. The highest BCUT2D eigenvalue weighted by atomic mass is 19.4. The number of carbonyl (C=O) groups excluding carboxylic acids is 3. The second-order valence-corrected chi connectivity index (χ2v) is 6.13. The number of nitrogens with one attached hydrogen (secondary N) is 1. The van der Waals surface area contributed by atoms with Crippen LogP contribution < -0.4 is 5.32 Å². The number of halogens is 4. The molecule has 29 heavy (non-hydrogen) atoms. The van der Waals surface area contributed by atoms with Gasteiger partial charge in [-0.15, -0.1) is 0 Å². The molecule has 5 nitrogen and oxygen atoms in total. The first kappa shape index (κ1) is 22.1. The molecular formula is C20H17F4NO4. The van der Waals surface area contributed by atoms with Gasteiger partial charge in [-0.2, -0.15) is 13.2 Å². The number of hydrogen-bond acceptors (Lipinski definition) is 4. The van der Waals surface area contributed by atoms with Gasteiger partial charge in [0, 0.05) is 17.7 Å². The molecule has 0 saturated carbocycles. The van der Waals surface area contributed by atoms with Crippen molar-refractivity contribution in [3.8, 4) is 0 Å². The van der Waals surface area contributed by atoms with Gasteiger partial charge in [-0.25, -0.2) is 4.39 Å². The third kappa shape index (κ3) is 6.70. The van der Waals surface area contributed by atoms with E-state index in [0.29, 0.717) is 0 Å². The van der Waals surface area contributed by atoms with Crippen molar-refractivity contribution in [2.75, 3.05) is 5.32 Å². The molecule has 0 fully saturated rings. The highest BCUT2D eigenvalue weighted by Crippen LogP contribution is 2.30. The van der Waals surface area contributed by atoms with E-state index in [9.17, 15) is 31.9 Å². The van der Waals surface area contributed by atoms with Gasteiger partial charge in [0.1, 0.15) is 5.82 Å². The summed E-state index contributed by atoms with van der Waals surface area (Å²) in [5.74, 6) is -2.54. The molecule has 2 aromatic rings. The van der Waals surface area contributed by atoms with Crippen LogP contribution in [0.1, 0.15) is 35.7 Å². The molecule has 0 aliphatic carbocycles. The van der Waals surface area contributed by atoms with E-state index in [-0.39, 0.29) is 24.1 Å². The lowest BCUT2D eigenvalue weighted by atomic mass is 10.1. The molecular weight excluding hydrogens is 394 g/mol. The van der Waals surface area contributed by atoms with Crippen LogP contribution in [0.5, 0.6) is 0 Å². The summed E-state index contributed by atoms with van der Waals surface area (Å²) in [6.45, 7) is 1.25. The van der Waals surface area contributed by atoms with Gasteiger partial charge in [0.2, 0.25) is 0 Å². The zero-order chi connectivity index (χ0) is 21.6. The van der Waals surface area contributed by atoms with Crippen LogP contribution >= 0.6 is 0 Å². The number of carbonyl (C=O) groups is 3. The van der Waals surface area contributed by atoms with Gasteiger partial charge in [0.25, 0.3) is 5.91 Å². The number of rotatable bonds is 7. The lowest BCUT2D eigenvalue weighted by molar-refractivity contribution is -0.153. The van der Waals surface area contributed by atoms with Crippen LogP contribution in [-0.4, -0.2) is 23.8 Å². The quantitative estimate of drug-likeness (QED) is 0.417. The van der Waals surface area contributed by atoms with Crippen LogP contribution in [0.15, 0.2) is 48.5 Å². The van der Waals surface area contributed by atoms with Gasteiger partial charge in [-0.05, 0) is 49.4 Å². The number of anilines is 1. The number of esters is 1. The molecule has 1 amide bonds. The van der Waals surface area contributed by atoms with Gasteiger partial charge in [-0.3, -0.25) is 14.4 Å². The van der Waals surface area contributed by atoms with Gasteiger partial charge in [0.05, 0.1) is 12.0 Å². The van der Waals surface area contributed by atoms with Crippen molar-refractivity contribution in [1.82, 2.24) is 0 Å². The maximum absolute atomic E-state index is 12.8.